The monoisotopic (exact) mass is 166 g/mol. The highest BCUT2D eigenvalue weighted by atomic mass is 16.7. The van der Waals surface area contributed by atoms with E-state index < -0.39 is 0 Å². The first kappa shape index (κ1) is 8.30. The lowest BCUT2D eigenvalue weighted by molar-refractivity contribution is -0.191. The summed E-state index contributed by atoms with van der Waals surface area (Å²) in [5, 5.41) is 0. The molecule has 4 nitrogen and oxygen atoms in total. The highest BCUT2D eigenvalue weighted by molar-refractivity contribution is 5.40. The van der Waals surface area contributed by atoms with E-state index in [1.807, 2.05) is 24.3 Å². The van der Waals surface area contributed by atoms with Crippen molar-refractivity contribution in [2.75, 3.05) is 6.79 Å². The standard InChI is InChI=1S/C7H6O2.CO2/c1-2-4-7-6(3-1)8-5-9-7;2-1-3/h1-4H,5H2;. The first-order valence-electron chi connectivity index (χ1n) is 3.22. The topological polar surface area (TPSA) is 52.6 Å². The Morgan fingerprint density at radius 1 is 1.08 bits per heavy atom. The number of carbonyl (C=O) groups excluding carboxylic acids is 2. The fourth-order valence-corrected chi connectivity index (χ4v) is 0.845. The van der Waals surface area contributed by atoms with Crippen molar-refractivity contribution in [1.82, 2.24) is 0 Å². The lowest BCUT2D eigenvalue weighted by Crippen LogP contribution is -1.92. The highest BCUT2D eigenvalue weighted by Crippen LogP contribution is 2.30. The van der Waals surface area contributed by atoms with Crippen molar-refractivity contribution in [2.24, 2.45) is 0 Å². The lowest BCUT2D eigenvalue weighted by atomic mass is 10.3. The first-order chi connectivity index (χ1) is 5.88. The molecular formula is C8H6O4. The van der Waals surface area contributed by atoms with Crippen LogP contribution in [0.4, 0.5) is 0 Å². The molecule has 1 heterocycles. The molecule has 1 aliphatic heterocycles. The van der Waals surface area contributed by atoms with Gasteiger partial charge in [-0.05, 0) is 12.1 Å². The Bertz CT molecular complexity index is 266. The fraction of sp³-hybridized carbons (Fsp3) is 0.125. The van der Waals surface area contributed by atoms with Gasteiger partial charge in [-0.3, -0.25) is 0 Å². The number of para-hydroxylation sites is 2. The molecule has 0 saturated heterocycles. The smallest absolute Gasteiger partial charge is 0.373 e. The summed E-state index contributed by atoms with van der Waals surface area (Å²) in [5.74, 6) is 1.69. The summed E-state index contributed by atoms with van der Waals surface area (Å²) >= 11 is 0. The third-order valence-corrected chi connectivity index (χ3v) is 1.28. The van der Waals surface area contributed by atoms with Crippen LogP contribution in [0.5, 0.6) is 11.5 Å². The molecule has 0 radical (unpaired) electrons. The van der Waals surface area contributed by atoms with Crippen LogP contribution in [0.1, 0.15) is 0 Å². The van der Waals surface area contributed by atoms with Crippen LogP contribution in [-0.2, 0) is 9.59 Å². The van der Waals surface area contributed by atoms with Gasteiger partial charge in [-0.25, -0.2) is 0 Å². The molecule has 1 aliphatic rings. The van der Waals surface area contributed by atoms with Crippen molar-refractivity contribution in [3.05, 3.63) is 24.3 Å². The zero-order chi connectivity index (χ0) is 8.81. The Morgan fingerprint density at radius 3 is 1.92 bits per heavy atom. The van der Waals surface area contributed by atoms with E-state index in [2.05, 4.69) is 0 Å². The minimum absolute atomic E-state index is 0.250. The zero-order valence-corrected chi connectivity index (χ0v) is 6.15. The van der Waals surface area contributed by atoms with Gasteiger partial charge in [0.15, 0.2) is 11.5 Å². The number of hydrogen-bond acceptors (Lipinski definition) is 4. The van der Waals surface area contributed by atoms with Gasteiger partial charge in [-0.15, -0.1) is 0 Å². The molecule has 1 aromatic rings. The lowest BCUT2D eigenvalue weighted by Gasteiger charge is -1.89. The molecule has 0 spiro atoms. The van der Waals surface area contributed by atoms with E-state index in [9.17, 15) is 0 Å². The Hall–Kier alpha value is -1.80. The molecule has 0 fully saturated rings. The molecule has 0 atom stereocenters. The first-order valence-corrected chi connectivity index (χ1v) is 3.22. The van der Waals surface area contributed by atoms with E-state index in [4.69, 9.17) is 19.1 Å². The average Bonchev–Trinajstić information content (AvgIpc) is 2.52. The predicted octanol–water partition coefficient (Wildman–Crippen LogP) is 0.832. The zero-order valence-electron chi connectivity index (χ0n) is 6.15. The number of hydrogen-bond donors (Lipinski definition) is 0. The second-order valence-electron chi connectivity index (χ2n) is 1.94. The van der Waals surface area contributed by atoms with Crippen molar-refractivity contribution in [3.63, 3.8) is 0 Å². The second-order valence-corrected chi connectivity index (χ2v) is 1.94. The highest BCUT2D eigenvalue weighted by Gasteiger charge is 2.09. The minimum Gasteiger partial charge on any atom is -0.454 e. The number of ether oxygens (including phenoxy) is 2. The molecule has 1 aromatic carbocycles. The molecule has 62 valence electrons. The summed E-state index contributed by atoms with van der Waals surface area (Å²) in [6.07, 6.45) is 0.250. The van der Waals surface area contributed by atoms with Crippen LogP contribution >= 0.6 is 0 Å². The van der Waals surface area contributed by atoms with Gasteiger partial charge < -0.3 is 9.47 Å². The maximum Gasteiger partial charge on any atom is 0.373 e. The average molecular weight is 166 g/mol. The van der Waals surface area contributed by atoms with Crippen molar-refractivity contribution in [2.45, 2.75) is 0 Å². The summed E-state index contributed by atoms with van der Waals surface area (Å²) in [7, 11) is 0. The van der Waals surface area contributed by atoms with E-state index in [1.54, 1.807) is 0 Å². The quantitative estimate of drug-likeness (QED) is 0.572. The van der Waals surface area contributed by atoms with E-state index in [1.165, 1.54) is 0 Å². The van der Waals surface area contributed by atoms with Crippen LogP contribution in [0.25, 0.3) is 0 Å². The van der Waals surface area contributed by atoms with Crippen LogP contribution < -0.4 is 9.47 Å². The van der Waals surface area contributed by atoms with E-state index >= 15 is 0 Å². The minimum atomic E-state index is 0.250. The Morgan fingerprint density at radius 2 is 1.50 bits per heavy atom. The Balaban J connectivity index is 0.000000213. The summed E-state index contributed by atoms with van der Waals surface area (Å²) in [6.45, 7) is 0.360. The van der Waals surface area contributed by atoms with Gasteiger partial charge in [0.05, 0.1) is 0 Å². The van der Waals surface area contributed by atoms with E-state index in [0.717, 1.165) is 11.5 Å². The number of benzene rings is 1. The third kappa shape index (κ3) is 1.84. The maximum absolute atomic E-state index is 8.12. The van der Waals surface area contributed by atoms with E-state index in [-0.39, 0.29) is 6.15 Å². The molecule has 0 amide bonds. The fourth-order valence-electron chi connectivity index (χ4n) is 0.845. The predicted molar refractivity (Wildman–Crippen MR) is 37.6 cm³/mol. The van der Waals surface area contributed by atoms with Gasteiger partial charge in [0, 0.05) is 0 Å². The van der Waals surface area contributed by atoms with Crippen LogP contribution in [0.15, 0.2) is 24.3 Å². The van der Waals surface area contributed by atoms with Crippen LogP contribution in [0.3, 0.4) is 0 Å². The van der Waals surface area contributed by atoms with Gasteiger partial charge in [-0.2, -0.15) is 9.59 Å². The summed E-state index contributed by atoms with van der Waals surface area (Å²) < 4.78 is 10.2. The van der Waals surface area contributed by atoms with Gasteiger partial charge in [0.25, 0.3) is 0 Å². The van der Waals surface area contributed by atoms with Gasteiger partial charge in [-0.1, -0.05) is 12.1 Å². The van der Waals surface area contributed by atoms with E-state index in [0.29, 0.717) is 6.79 Å². The largest absolute Gasteiger partial charge is 0.454 e. The molecule has 0 N–H and O–H groups in total. The molecule has 0 saturated carbocycles. The second kappa shape index (κ2) is 4.16. The third-order valence-electron chi connectivity index (χ3n) is 1.28. The molecule has 12 heavy (non-hydrogen) atoms. The molecule has 0 bridgehead atoms. The number of fused-ring (bicyclic) bond motifs is 1. The summed E-state index contributed by atoms with van der Waals surface area (Å²) in [4.78, 5) is 16.2. The van der Waals surface area contributed by atoms with Gasteiger partial charge in [0.1, 0.15) is 0 Å². The summed E-state index contributed by atoms with van der Waals surface area (Å²) in [6, 6.07) is 7.63. The van der Waals surface area contributed by atoms with Crippen molar-refractivity contribution in [1.29, 1.82) is 0 Å². The van der Waals surface area contributed by atoms with Crippen molar-refractivity contribution < 1.29 is 19.1 Å². The normalized spacial score (nSPS) is 11.0. The van der Waals surface area contributed by atoms with Gasteiger partial charge in [0.2, 0.25) is 6.79 Å². The SMILES string of the molecule is O=C=O.c1ccc2c(c1)OCO2. The summed E-state index contributed by atoms with van der Waals surface area (Å²) in [5.41, 5.74) is 0. The molecule has 0 aromatic heterocycles. The maximum atomic E-state index is 8.12. The van der Waals surface area contributed by atoms with Gasteiger partial charge >= 0.3 is 6.15 Å². The molecule has 2 rings (SSSR count). The van der Waals surface area contributed by atoms with Crippen LogP contribution in [0.2, 0.25) is 0 Å². The number of rotatable bonds is 0. The molecule has 0 unspecified atom stereocenters. The Kier molecular flexibility index (Phi) is 2.87. The van der Waals surface area contributed by atoms with Crippen molar-refractivity contribution >= 4 is 6.15 Å². The van der Waals surface area contributed by atoms with Crippen LogP contribution in [0, 0.1) is 0 Å². The Labute approximate surface area is 68.7 Å². The van der Waals surface area contributed by atoms with Crippen molar-refractivity contribution in [3.8, 4) is 11.5 Å². The molecule has 4 heteroatoms. The van der Waals surface area contributed by atoms with Crippen LogP contribution in [-0.4, -0.2) is 12.9 Å². The molecule has 0 aliphatic carbocycles. The molecular weight excluding hydrogens is 160 g/mol.